The third-order valence-electron chi connectivity index (χ3n) is 4.19. The summed E-state index contributed by atoms with van der Waals surface area (Å²) >= 11 is 0. The summed E-state index contributed by atoms with van der Waals surface area (Å²) in [5, 5.41) is 2.81. The van der Waals surface area contributed by atoms with Crippen LogP contribution in [0.5, 0.6) is 0 Å². The zero-order chi connectivity index (χ0) is 18.5. The van der Waals surface area contributed by atoms with Crippen LogP contribution in [-0.2, 0) is 11.3 Å². The highest BCUT2D eigenvalue weighted by Gasteiger charge is 2.15. The third kappa shape index (κ3) is 3.91. The molecule has 1 aromatic heterocycles. The summed E-state index contributed by atoms with van der Waals surface area (Å²) in [5.74, 6) is -0.332. The van der Waals surface area contributed by atoms with Gasteiger partial charge >= 0.3 is 0 Å². The van der Waals surface area contributed by atoms with E-state index >= 15 is 0 Å². The molecule has 3 aromatic rings. The Morgan fingerprint density at radius 3 is 2.85 bits per heavy atom. The highest BCUT2D eigenvalue weighted by Crippen LogP contribution is 2.21. The Morgan fingerprint density at radius 1 is 1.27 bits per heavy atom. The van der Waals surface area contributed by atoms with Gasteiger partial charge in [-0.1, -0.05) is 18.2 Å². The number of nitrogens with one attached hydrogen (secondary N) is 1. The maximum absolute atomic E-state index is 13.7. The predicted molar refractivity (Wildman–Crippen MR) is 99.9 cm³/mol. The number of rotatable bonds is 7. The lowest BCUT2D eigenvalue weighted by molar-refractivity contribution is 0.102. The van der Waals surface area contributed by atoms with E-state index in [-0.39, 0.29) is 11.5 Å². The number of fused-ring (bicyclic) bond motifs is 1. The van der Waals surface area contributed by atoms with Crippen molar-refractivity contribution in [2.24, 2.45) is 0 Å². The molecule has 0 unspecified atom stereocenters. The minimum atomic E-state index is -0.400. The van der Waals surface area contributed by atoms with Crippen LogP contribution in [0.3, 0.4) is 0 Å². The van der Waals surface area contributed by atoms with Crippen LogP contribution in [-0.4, -0.2) is 28.7 Å². The molecule has 136 valence electrons. The second kappa shape index (κ2) is 8.10. The third-order valence-corrected chi connectivity index (χ3v) is 4.19. The quantitative estimate of drug-likeness (QED) is 0.648. The average Bonchev–Trinajstić information content (AvgIpc) is 2.98. The summed E-state index contributed by atoms with van der Waals surface area (Å²) in [7, 11) is 0. The minimum absolute atomic E-state index is 0.265. The number of hydrogen-bond acceptors (Lipinski definition) is 3. The van der Waals surface area contributed by atoms with E-state index in [1.54, 1.807) is 19.1 Å². The van der Waals surface area contributed by atoms with Crippen molar-refractivity contribution in [3.05, 3.63) is 59.4 Å². The number of nitrogens with zero attached hydrogens (tertiary/aromatic N) is 2. The standard InChI is InChI=1S/C20H22FN3O2/c1-3-26-12-6-11-24-18-8-5-4-7-17(18)22-20(24)23-19(25)15-10-9-14(2)16(21)13-15/h4-5,7-10,13H,3,6,11-12H2,1-2H3,(H,22,23,25). The summed E-state index contributed by atoms with van der Waals surface area (Å²) in [5.41, 5.74) is 2.51. The maximum Gasteiger partial charge on any atom is 0.258 e. The monoisotopic (exact) mass is 355 g/mol. The summed E-state index contributed by atoms with van der Waals surface area (Å²) < 4.78 is 21.1. The van der Waals surface area contributed by atoms with Crippen LogP contribution < -0.4 is 5.32 Å². The van der Waals surface area contributed by atoms with E-state index in [9.17, 15) is 9.18 Å². The fourth-order valence-electron chi connectivity index (χ4n) is 2.77. The fourth-order valence-corrected chi connectivity index (χ4v) is 2.77. The van der Waals surface area contributed by atoms with E-state index in [2.05, 4.69) is 10.3 Å². The Labute approximate surface area is 151 Å². The van der Waals surface area contributed by atoms with Gasteiger partial charge in [-0.2, -0.15) is 0 Å². The lowest BCUT2D eigenvalue weighted by Gasteiger charge is -2.10. The molecule has 0 aliphatic carbocycles. The molecule has 26 heavy (non-hydrogen) atoms. The Hall–Kier alpha value is -2.73. The van der Waals surface area contributed by atoms with Crippen molar-refractivity contribution in [3.63, 3.8) is 0 Å². The number of halogens is 1. The number of anilines is 1. The summed E-state index contributed by atoms with van der Waals surface area (Å²) in [6, 6.07) is 12.1. The Bertz CT molecular complexity index is 921. The Balaban J connectivity index is 1.85. The van der Waals surface area contributed by atoms with E-state index in [1.165, 1.54) is 6.07 Å². The molecule has 3 rings (SSSR count). The molecule has 2 aromatic carbocycles. The molecule has 1 heterocycles. The number of aromatic nitrogens is 2. The van der Waals surface area contributed by atoms with E-state index in [1.807, 2.05) is 35.8 Å². The number of carbonyl (C=O) groups excluding carboxylic acids is 1. The van der Waals surface area contributed by atoms with Gasteiger partial charge in [0.2, 0.25) is 5.95 Å². The first-order chi connectivity index (χ1) is 12.6. The van der Waals surface area contributed by atoms with Crippen LogP contribution in [0.1, 0.15) is 29.3 Å². The number of benzene rings is 2. The maximum atomic E-state index is 13.7. The van der Waals surface area contributed by atoms with Gasteiger partial charge in [0.15, 0.2) is 0 Å². The average molecular weight is 355 g/mol. The number of para-hydroxylation sites is 2. The van der Waals surface area contributed by atoms with E-state index in [0.717, 1.165) is 17.5 Å². The van der Waals surface area contributed by atoms with Gasteiger partial charge < -0.3 is 9.30 Å². The molecule has 0 fully saturated rings. The second-order valence-electron chi connectivity index (χ2n) is 6.04. The molecule has 0 atom stereocenters. The lowest BCUT2D eigenvalue weighted by atomic mass is 10.1. The van der Waals surface area contributed by atoms with Crippen LogP contribution in [0, 0.1) is 12.7 Å². The first-order valence-corrected chi connectivity index (χ1v) is 8.70. The molecule has 0 bridgehead atoms. The molecule has 6 heteroatoms. The molecule has 0 saturated heterocycles. The highest BCUT2D eigenvalue weighted by atomic mass is 19.1. The Morgan fingerprint density at radius 2 is 2.08 bits per heavy atom. The van der Waals surface area contributed by atoms with E-state index in [4.69, 9.17) is 4.74 Å². The number of hydrogen-bond donors (Lipinski definition) is 1. The number of amides is 1. The topological polar surface area (TPSA) is 56.1 Å². The zero-order valence-corrected chi connectivity index (χ0v) is 15.0. The van der Waals surface area contributed by atoms with E-state index in [0.29, 0.717) is 31.3 Å². The lowest BCUT2D eigenvalue weighted by Crippen LogP contribution is -2.17. The number of ether oxygens (including phenoxy) is 1. The number of carbonyl (C=O) groups is 1. The number of imidazole rings is 1. The second-order valence-corrected chi connectivity index (χ2v) is 6.04. The first-order valence-electron chi connectivity index (χ1n) is 8.70. The largest absolute Gasteiger partial charge is 0.382 e. The van der Waals surface area contributed by atoms with Crippen LogP contribution in [0.2, 0.25) is 0 Å². The van der Waals surface area contributed by atoms with Gasteiger partial charge in [-0.25, -0.2) is 9.37 Å². The molecular weight excluding hydrogens is 333 g/mol. The van der Waals surface area contributed by atoms with Crippen molar-refractivity contribution < 1.29 is 13.9 Å². The molecule has 1 amide bonds. The van der Waals surface area contributed by atoms with Crippen molar-refractivity contribution in [3.8, 4) is 0 Å². The number of aryl methyl sites for hydroxylation is 2. The van der Waals surface area contributed by atoms with Gasteiger partial charge in [-0.05, 0) is 50.1 Å². The summed E-state index contributed by atoms with van der Waals surface area (Å²) in [4.78, 5) is 17.0. The molecule has 0 spiro atoms. The van der Waals surface area contributed by atoms with Crippen molar-refractivity contribution in [2.75, 3.05) is 18.5 Å². The van der Waals surface area contributed by atoms with Gasteiger partial charge in [0, 0.05) is 25.3 Å². The molecule has 0 radical (unpaired) electrons. The molecule has 0 aliphatic rings. The van der Waals surface area contributed by atoms with Gasteiger partial charge in [-0.3, -0.25) is 10.1 Å². The smallest absolute Gasteiger partial charge is 0.258 e. The molecular formula is C20H22FN3O2. The van der Waals surface area contributed by atoms with Crippen molar-refractivity contribution in [1.29, 1.82) is 0 Å². The summed E-state index contributed by atoms with van der Waals surface area (Å²) in [6.45, 7) is 5.60. The van der Waals surface area contributed by atoms with Crippen LogP contribution in [0.15, 0.2) is 42.5 Å². The minimum Gasteiger partial charge on any atom is -0.382 e. The van der Waals surface area contributed by atoms with Crippen molar-refractivity contribution in [2.45, 2.75) is 26.8 Å². The fraction of sp³-hybridized carbons (Fsp3) is 0.300. The zero-order valence-electron chi connectivity index (χ0n) is 15.0. The van der Waals surface area contributed by atoms with Crippen molar-refractivity contribution >= 4 is 22.9 Å². The van der Waals surface area contributed by atoms with Crippen LogP contribution >= 0.6 is 0 Å². The van der Waals surface area contributed by atoms with Gasteiger partial charge in [0.25, 0.3) is 5.91 Å². The van der Waals surface area contributed by atoms with Gasteiger partial charge in [0.05, 0.1) is 11.0 Å². The normalized spacial score (nSPS) is 11.0. The molecule has 1 N–H and O–H groups in total. The first kappa shape index (κ1) is 18.1. The Kier molecular flexibility index (Phi) is 5.63. The van der Waals surface area contributed by atoms with Crippen LogP contribution in [0.4, 0.5) is 10.3 Å². The summed E-state index contributed by atoms with van der Waals surface area (Å²) in [6.07, 6.45) is 0.802. The van der Waals surface area contributed by atoms with Crippen LogP contribution in [0.25, 0.3) is 11.0 Å². The SMILES string of the molecule is CCOCCCn1c(NC(=O)c2ccc(C)c(F)c2)nc2ccccc21. The molecule has 0 saturated carbocycles. The molecule has 0 aliphatic heterocycles. The van der Waals surface area contributed by atoms with Crippen molar-refractivity contribution in [1.82, 2.24) is 9.55 Å². The molecule has 5 nitrogen and oxygen atoms in total. The van der Waals surface area contributed by atoms with Gasteiger partial charge in [-0.15, -0.1) is 0 Å². The van der Waals surface area contributed by atoms with E-state index < -0.39 is 5.82 Å². The predicted octanol–water partition coefficient (Wildman–Crippen LogP) is 4.16. The van der Waals surface area contributed by atoms with Gasteiger partial charge in [0.1, 0.15) is 5.82 Å². The highest BCUT2D eigenvalue weighted by molar-refractivity contribution is 6.04.